The van der Waals surface area contributed by atoms with E-state index < -0.39 is 0 Å². The summed E-state index contributed by atoms with van der Waals surface area (Å²) in [6, 6.07) is 0. The molecule has 3 aromatic heterocycles. The third-order valence-electron chi connectivity index (χ3n) is 2.42. The Morgan fingerprint density at radius 2 is 2.12 bits per heavy atom. The van der Waals surface area contributed by atoms with E-state index in [0.717, 1.165) is 34.4 Å². The first kappa shape index (κ1) is 10.9. The fourth-order valence-electron chi connectivity index (χ4n) is 1.67. The second-order valence-electron chi connectivity index (χ2n) is 3.79. The number of aromatic nitrogens is 3. The van der Waals surface area contributed by atoms with Crippen LogP contribution in [0.3, 0.4) is 0 Å². The van der Waals surface area contributed by atoms with Crippen LogP contribution < -0.4 is 5.32 Å². The molecule has 3 heterocycles. The second kappa shape index (κ2) is 4.56. The summed E-state index contributed by atoms with van der Waals surface area (Å²) in [5.41, 5.74) is 2.18. The normalized spacial score (nSPS) is 11.4. The van der Waals surface area contributed by atoms with Crippen LogP contribution in [0.5, 0.6) is 0 Å². The Balaban J connectivity index is 1.59. The zero-order valence-corrected chi connectivity index (χ0v) is 11.0. The van der Waals surface area contributed by atoms with E-state index in [1.165, 1.54) is 0 Å². The molecule has 0 aliphatic rings. The van der Waals surface area contributed by atoms with Gasteiger partial charge < -0.3 is 5.32 Å². The second-order valence-corrected chi connectivity index (χ2v) is 5.72. The largest absolute Gasteiger partial charge is 0.305 e. The average Bonchev–Trinajstić information content (AvgIpc) is 2.94. The Morgan fingerprint density at radius 3 is 2.88 bits per heavy atom. The van der Waals surface area contributed by atoms with E-state index >= 15 is 0 Å². The van der Waals surface area contributed by atoms with Gasteiger partial charge in [-0.05, 0) is 6.92 Å². The molecule has 0 fully saturated rings. The van der Waals surface area contributed by atoms with Crippen molar-refractivity contribution < 1.29 is 0 Å². The maximum absolute atomic E-state index is 4.51. The van der Waals surface area contributed by atoms with E-state index in [9.17, 15) is 0 Å². The highest BCUT2D eigenvalue weighted by Crippen LogP contribution is 2.11. The van der Waals surface area contributed by atoms with Crippen LogP contribution in [0.25, 0.3) is 4.96 Å². The number of imidazole rings is 1. The van der Waals surface area contributed by atoms with Crippen molar-refractivity contribution in [1.29, 1.82) is 0 Å². The summed E-state index contributed by atoms with van der Waals surface area (Å²) in [5, 5.41) is 8.60. The number of aryl methyl sites for hydroxylation is 1. The molecule has 0 radical (unpaired) electrons. The van der Waals surface area contributed by atoms with Gasteiger partial charge in [-0.15, -0.1) is 22.7 Å². The van der Waals surface area contributed by atoms with Crippen molar-refractivity contribution in [2.45, 2.75) is 20.0 Å². The van der Waals surface area contributed by atoms with Crippen LogP contribution in [-0.2, 0) is 13.1 Å². The Labute approximate surface area is 107 Å². The third kappa shape index (κ3) is 2.38. The van der Waals surface area contributed by atoms with Gasteiger partial charge in [0.2, 0.25) is 0 Å². The molecule has 0 aliphatic carbocycles. The van der Waals surface area contributed by atoms with Gasteiger partial charge in [-0.1, -0.05) is 0 Å². The quantitative estimate of drug-likeness (QED) is 0.787. The van der Waals surface area contributed by atoms with E-state index in [4.69, 9.17) is 0 Å². The summed E-state index contributed by atoms with van der Waals surface area (Å²) in [7, 11) is 0. The van der Waals surface area contributed by atoms with Crippen LogP contribution in [0.2, 0.25) is 0 Å². The fourth-order valence-corrected chi connectivity index (χ4v) is 3.00. The van der Waals surface area contributed by atoms with Crippen LogP contribution in [0, 0.1) is 6.92 Å². The minimum atomic E-state index is 0.783. The molecular weight excluding hydrogens is 252 g/mol. The third-order valence-corrected chi connectivity index (χ3v) is 4.02. The highest BCUT2D eigenvalue weighted by atomic mass is 32.1. The van der Waals surface area contributed by atoms with Crippen molar-refractivity contribution in [2.75, 3.05) is 0 Å². The van der Waals surface area contributed by atoms with Crippen molar-refractivity contribution in [3.63, 3.8) is 0 Å². The Morgan fingerprint density at radius 1 is 1.24 bits per heavy atom. The molecule has 0 aromatic carbocycles. The first-order valence-electron chi connectivity index (χ1n) is 5.34. The predicted octanol–water partition coefficient (Wildman–Crippen LogP) is 2.45. The number of rotatable bonds is 4. The molecule has 0 amide bonds. The van der Waals surface area contributed by atoms with Gasteiger partial charge >= 0.3 is 0 Å². The van der Waals surface area contributed by atoms with Crippen LogP contribution in [0.4, 0.5) is 0 Å². The lowest BCUT2D eigenvalue weighted by Crippen LogP contribution is -2.13. The molecule has 1 N–H and O–H groups in total. The molecule has 0 saturated carbocycles. The van der Waals surface area contributed by atoms with Crippen molar-refractivity contribution in [1.82, 2.24) is 19.7 Å². The van der Waals surface area contributed by atoms with E-state index in [0.29, 0.717) is 0 Å². The monoisotopic (exact) mass is 264 g/mol. The summed E-state index contributed by atoms with van der Waals surface area (Å²) in [6.07, 6.45) is 4.09. The molecular formula is C11H12N4S2. The zero-order chi connectivity index (χ0) is 11.7. The number of nitrogens with zero attached hydrogens (tertiary/aromatic N) is 3. The predicted molar refractivity (Wildman–Crippen MR) is 70.5 cm³/mol. The fraction of sp³-hybridized carbons (Fsp3) is 0.273. The lowest BCUT2D eigenvalue weighted by atomic mass is 10.4. The van der Waals surface area contributed by atoms with Gasteiger partial charge in [0.25, 0.3) is 0 Å². The van der Waals surface area contributed by atoms with Crippen LogP contribution >= 0.6 is 22.7 Å². The Hall–Kier alpha value is -1.24. The smallest absolute Gasteiger partial charge is 0.193 e. The first-order valence-corrected chi connectivity index (χ1v) is 7.10. The molecule has 88 valence electrons. The van der Waals surface area contributed by atoms with Crippen molar-refractivity contribution in [3.05, 3.63) is 39.5 Å². The molecule has 0 unspecified atom stereocenters. The summed E-state index contributed by atoms with van der Waals surface area (Å²) < 4.78 is 2.05. The summed E-state index contributed by atoms with van der Waals surface area (Å²) in [6.45, 7) is 3.61. The van der Waals surface area contributed by atoms with E-state index in [1.54, 1.807) is 22.7 Å². The molecule has 3 rings (SSSR count). The Bertz CT molecular complexity index is 594. The van der Waals surface area contributed by atoms with Gasteiger partial charge in [-0.3, -0.25) is 4.40 Å². The maximum Gasteiger partial charge on any atom is 0.193 e. The van der Waals surface area contributed by atoms with E-state index in [-0.39, 0.29) is 0 Å². The van der Waals surface area contributed by atoms with Gasteiger partial charge in [0.05, 0.1) is 16.4 Å². The van der Waals surface area contributed by atoms with Crippen molar-refractivity contribution in [3.8, 4) is 0 Å². The number of thiazole rings is 2. The lowest BCUT2D eigenvalue weighted by Gasteiger charge is -1.98. The van der Waals surface area contributed by atoms with Gasteiger partial charge in [0.15, 0.2) is 4.96 Å². The molecule has 0 saturated heterocycles. The average molecular weight is 264 g/mol. The molecule has 0 spiro atoms. The highest BCUT2D eigenvalue weighted by Gasteiger charge is 2.02. The van der Waals surface area contributed by atoms with E-state index in [1.807, 2.05) is 18.5 Å². The van der Waals surface area contributed by atoms with Gasteiger partial charge in [-0.25, -0.2) is 9.97 Å². The number of fused-ring (bicyclic) bond motifs is 1. The van der Waals surface area contributed by atoms with E-state index in [2.05, 4.69) is 31.3 Å². The lowest BCUT2D eigenvalue weighted by molar-refractivity contribution is 0.672. The topological polar surface area (TPSA) is 42.2 Å². The van der Waals surface area contributed by atoms with Crippen molar-refractivity contribution >= 4 is 27.6 Å². The number of nitrogens with one attached hydrogen (secondary N) is 1. The molecule has 17 heavy (non-hydrogen) atoms. The highest BCUT2D eigenvalue weighted by molar-refractivity contribution is 7.15. The summed E-state index contributed by atoms with van der Waals surface area (Å²) >= 11 is 3.34. The van der Waals surface area contributed by atoms with Crippen LogP contribution in [-0.4, -0.2) is 14.4 Å². The van der Waals surface area contributed by atoms with Gasteiger partial charge in [0.1, 0.15) is 0 Å². The van der Waals surface area contributed by atoms with Gasteiger partial charge in [-0.2, -0.15) is 0 Å². The van der Waals surface area contributed by atoms with Crippen LogP contribution in [0.1, 0.15) is 16.4 Å². The minimum Gasteiger partial charge on any atom is -0.305 e. The molecule has 3 aromatic rings. The molecule has 0 bridgehead atoms. The molecule has 0 aliphatic heterocycles. The minimum absolute atomic E-state index is 0.783. The Kier molecular flexibility index (Phi) is 2.92. The SMILES string of the molecule is Cc1nc(CNCc2cn3ccsc3n2)cs1. The summed E-state index contributed by atoms with van der Waals surface area (Å²) in [4.78, 5) is 9.96. The zero-order valence-electron chi connectivity index (χ0n) is 9.38. The first-order chi connectivity index (χ1) is 8.31. The van der Waals surface area contributed by atoms with Crippen molar-refractivity contribution in [2.24, 2.45) is 0 Å². The molecule has 6 heteroatoms. The maximum atomic E-state index is 4.51. The summed E-state index contributed by atoms with van der Waals surface area (Å²) in [5.74, 6) is 0. The number of hydrogen-bond acceptors (Lipinski definition) is 5. The molecule has 0 atom stereocenters. The standard InChI is InChI=1S/C11H12N4S2/c1-8-13-10(7-17-8)5-12-4-9-6-15-2-3-16-11(15)14-9/h2-3,6-7,12H,4-5H2,1H3. The van der Waals surface area contributed by atoms with Gasteiger partial charge in [0, 0.05) is 36.2 Å². The van der Waals surface area contributed by atoms with Crippen LogP contribution in [0.15, 0.2) is 23.2 Å². The number of hydrogen-bond donors (Lipinski definition) is 1. The molecule has 4 nitrogen and oxygen atoms in total.